The van der Waals surface area contributed by atoms with E-state index >= 15 is 0 Å². The number of thiophene rings is 1. The molecule has 8 nitrogen and oxygen atoms in total. The Hall–Kier alpha value is -2.07. The van der Waals surface area contributed by atoms with Gasteiger partial charge in [0.1, 0.15) is 6.10 Å². The zero-order valence-corrected chi connectivity index (χ0v) is 23.6. The minimum atomic E-state index is -1.28. The van der Waals surface area contributed by atoms with Crippen molar-refractivity contribution in [3.8, 4) is 0 Å². The number of Topliss-reactive ketones (excluding diaryl/α,β-unsaturated/α-hetero) is 1. The van der Waals surface area contributed by atoms with Gasteiger partial charge < -0.3 is 24.4 Å². The van der Waals surface area contributed by atoms with E-state index in [0.29, 0.717) is 37.0 Å². The van der Waals surface area contributed by atoms with Gasteiger partial charge in [0.2, 0.25) is 0 Å². The van der Waals surface area contributed by atoms with Crippen molar-refractivity contribution in [1.82, 2.24) is 0 Å². The molecule has 1 aliphatic heterocycles. The van der Waals surface area contributed by atoms with Gasteiger partial charge in [0, 0.05) is 23.6 Å². The molecule has 3 saturated carbocycles. The highest BCUT2D eigenvalue weighted by Crippen LogP contribution is 2.67. The van der Waals surface area contributed by atoms with E-state index in [1.54, 1.807) is 25.2 Å². The van der Waals surface area contributed by atoms with E-state index in [2.05, 4.69) is 0 Å². The van der Waals surface area contributed by atoms with E-state index in [9.17, 15) is 24.6 Å². The number of aliphatic hydroxyl groups excluding tert-OH is 1. The van der Waals surface area contributed by atoms with E-state index in [-0.39, 0.29) is 49.0 Å². The van der Waals surface area contributed by atoms with Gasteiger partial charge in [-0.1, -0.05) is 6.07 Å². The molecule has 212 valence electrons. The summed E-state index contributed by atoms with van der Waals surface area (Å²) in [6, 6.07) is 3.92. The molecule has 0 amide bonds. The summed E-state index contributed by atoms with van der Waals surface area (Å²) < 4.78 is 17.7. The second kappa shape index (κ2) is 9.50. The van der Waals surface area contributed by atoms with Gasteiger partial charge in [0.25, 0.3) is 0 Å². The third-order valence-corrected chi connectivity index (χ3v) is 11.2. The lowest BCUT2D eigenvalue weighted by Crippen LogP contribution is -2.73. The highest BCUT2D eigenvalue weighted by molar-refractivity contribution is 7.09. The van der Waals surface area contributed by atoms with Crippen LogP contribution in [0.25, 0.3) is 0 Å². The molecule has 8 atom stereocenters. The molecule has 1 aromatic heterocycles. The summed E-state index contributed by atoms with van der Waals surface area (Å²) in [4.78, 5) is 41.4. The summed E-state index contributed by atoms with van der Waals surface area (Å²) in [5.41, 5.74) is -1.97. The number of carbonyl (C=O) groups excluding carboxylic acids is 3. The Labute approximate surface area is 232 Å². The van der Waals surface area contributed by atoms with Crippen LogP contribution < -0.4 is 0 Å². The quantitative estimate of drug-likeness (QED) is 0.402. The average molecular weight is 559 g/mol. The molecule has 4 fully saturated rings. The predicted molar refractivity (Wildman–Crippen MR) is 142 cm³/mol. The Morgan fingerprint density at radius 1 is 1.23 bits per heavy atom. The second-order valence-corrected chi connectivity index (χ2v) is 13.9. The van der Waals surface area contributed by atoms with Crippen LogP contribution in [0.3, 0.4) is 0 Å². The molecule has 1 aromatic rings. The minimum absolute atomic E-state index is 0.0193. The SMILES string of the molecule is C/C1=C2/C[C@@]3(CC(C)(O)C[C@@H]1OC(=O)CCc1cccs1)[C@@H]1COC1CC(O)C3(C)C(=O)C2OC(=O)C1CC1. The maximum atomic E-state index is 14.4. The average Bonchev–Trinajstić information content (AvgIpc) is 3.58. The third-order valence-electron chi connectivity index (χ3n) is 10.3. The van der Waals surface area contributed by atoms with Crippen LogP contribution in [-0.2, 0) is 35.0 Å². The lowest BCUT2D eigenvalue weighted by molar-refractivity contribution is -0.279. The summed E-state index contributed by atoms with van der Waals surface area (Å²) in [6.07, 6.45) is 0.283. The number of rotatable bonds is 6. The van der Waals surface area contributed by atoms with Crippen molar-refractivity contribution in [3.63, 3.8) is 0 Å². The van der Waals surface area contributed by atoms with Crippen molar-refractivity contribution in [2.75, 3.05) is 6.61 Å². The van der Waals surface area contributed by atoms with Crippen LogP contribution in [0.15, 0.2) is 28.7 Å². The highest BCUT2D eigenvalue weighted by atomic mass is 32.1. The van der Waals surface area contributed by atoms with Crippen LogP contribution in [-0.4, -0.2) is 64.6 Å². The van der Waals surface area contributed by atoms with Crippen molar-refractivity contribution < 1.29 is 38.8 Å². The monoisotopic (exact) mass is 558 g/mol. The van der Waals surface area contributed by atoms with Crippen molar-refractivity contribution in [1.29, 1.82) is 0 Å². The van der Waals surface area contributed by atoms with Gasteiger partial charge in [-0.15, -0.1) is 11.3 Å². The van der Waals surface area contributed by atoms with Crippen LogP contribution in [0.1, 0.15) is 70.6 Å². The molecule has 5 unspecified atom stereocenters. The highest BCUT2D eigenvalue weighted by Gasteiger charge is 2.72. The van der Waals surface area contributed by atoms with Gasteiger partial charge in [-0.05, 0) is 80.9 Å². The first-order chi connectivity index (χ1) is 18.4. The smallest absolute Gasteiger partial charge is 0.309 e. The van der Waals surface area contributed by atoms with Crippen LogP contribution in [0, 0.1) is 22.7 Å². The number of ketones is 1. The van der Waals surface area contributed by atoms with E-state index in [1.165, 1.54) is 0 Å². The number of hydrogen-bond acceptors (Lipinski definition) is 9. The van der Waals surface area contributed by atoms with E-state index in [0.717, 1.165) is 17.7 Å². The maximum absolute atomic E-state index is 14.4. The lowest BCUT2D eigenvalue weighted by atomic mass is 9.40. The van der Waals surface area contributed by atoms with Gasteiger partial charge in [-0.2, -0.15) is 0 Å². The van der Waals surface area contributed by atoms with E-state index in [4.69, 9.17) is 14.2 Å². The number of fused-ring (bicyclic) bond motifs is 2. The molecule has 39 heavy (non-hydrogen) atoms. The molecule has 1 spiro atoms. The third kappa shape index (κ3) is 4.40. The molecule has 2 heterocycles. The Morgan fingerprint density at radius 3 is 2.64 bits per heavy atom. The molecule has 4 aliphatic carbocycles. The fourth-order valence-electron chi connectivity index (χ4n) is 7.75. The fourth-order valence-corrected chi connectivity index (χ4v) is 8.46. The largest absolute Gasteiger partial charge is 0.458 e. The van der Waals surface area contributed by atoms with Gasteiger partial charge in [0.05, 0.1) is 42.2 Å². The lowest BCUT2D eigenvalue weighted by Gasteiger charge is -2.67. The summed E-state index contributed by atoms with van der Waals surface area (Å²) in [6.45, 7) is 5.80. The van der Waals surface area contributed by atoms with Crippen LogP contribution >= 0.6 is 11.3 Å². The first-order valence-electron chi connectivity index (χ1n) is 14.1. The number of aryl methyl sites for hydroxylation is 1. The van der Waals surface area contributed by atoms with Gasteiger partial charge >= 0.3 is 11.9 Å². The number of esters is 2. The Kier molecular flexibility index (Phi) is 6.61. The van der Waals surface area contributed by atoms with Gasteiger partial charge in [-0.25, -0.2) is 0 Å². The zero-order chi connectivity index (χ0) is 27.7. The molecule has 2 bridgehead atoms. The molecule has 0 radical (unpaired) electrons. The Morgan fingerprint density at radius 2 is 2.00 bits per heavy atom. The molecule has 2 N–H and O–H groups in total. The number of ether oxygens (including phenoxy) is 3. The molecule has 9 heteroatoms. The molecule has 0 aromatic carbocycles. The maximum Gasteiger partial charge on any atom is 0.309 e. The van der Waals surface area contributed by atoms with Crippen molar-refractivity contribution in [3.05, 3.63) is 33.5 Å². The zero-order valence-electron chi connectivity index (χ0n) is 22.8. The summed E-state index contributed by atoms with van der Waals surface area (Å²) in [5, 5.41) is 25.2. The standard InChI is InChI=1S/C30H38O8S/c1-16-19-12-30(15-28(2,35)13-22(16)37-24(32)9-8-18-5-4-10-39-18)20-14-36-21(20)11-23(31)29(30,3)26(33)25(19)38-27(34)17-6-7-17/h4-5,10,17,20-23,25,31,35H,6-9,11-15H2,1-3H3/b19-16+/t20-,21?,22+,23?,25?,28?,29?,30-/m1/s1. The molecular weight excluding hydrogens is 520 g/mol. The molecule has 1 saturated heterocycles. The minimum Gasteiger partial charge on any atom is -0.458 e. The van der Waals surface area contributed by atoms with Gasteiger partial charge in [0.15, 0.2) is 11.9 Å². The number of hydrogen-bond donors (Lipinski definition) is 2. The first-order valence-corrected chi connectivity index (χ1v) is 15.0. The van der Waals surface area contributed by atoms with Crippen LogP contribution in [0.2, 0.25) is 0 Å². The Bertz CT molecular complexity index is 1200. The number of aliphatic hydroxyl groups is 2. The fraction of sp³-hybridized carbons (Fsp3) is 0.700. The van der Waals surface area contributed by atoms with E-state index < -0.39 is 40.7 Å². The molecule has 6 rings (SSSR count). The molecular formula is C30H38O8S. The van der Waals surface area contributed by atoms with Crippen LogP contribution in [0.5, 0.6) is 0 Å². The predicted octanol–water partition coefficient (Wildman–Crippen LogP) is 3.52. The normalized spacial score (nSPS) is 43.3. The summed E-state index contributed by atoms with van der Waals surface area (Å²) in [7, 11) is 0. The molecule has 5 aliphatic rings. The Balaban J connectivity index is 1.39. The number of carbonyl (C=O) groups is 3. The van der Waals surface area contributed by atoms with Gasteiger partial charge in [-0.3, -0.25) is 14.4 Å². The summed E-state index contributed by atoms with van der Waals surface area (Å²) >= 11 is 1.58. The topological polar surface area (TPSA) is 119 Å². The van der Waals surface area contributed by atoms with Crippen molar-refractivity contribution >= 4 is 29.1 Å². The summed E-state index contributed by atoms with van der Waals surface area (Å²) in [5.74, 6) is -1.31. The second-order valence-electron chi connectivity index (χ2n) is 12.9. The van der Waals surface area contributed by atoms with Crippen molar-refractivity contribution in [2.24, 2.45) is 22.7 Å². The van der Waals surface area contributed by atoms with Crippen LogP contribution in [0.4, 0.5) is 0 Å². The first kappa shape index (κ1) is 27.1. The van der Waals surface area contributed by atoms with Crippen molar-refractivity contribution in [2.45, 2.75) is 102 Å². The van der Waals surface area contributed by atoms with E-state index in [1.807, 2.05) is 24.4 Å².